The van der Waals surface area contributed by atoms with Crippen LogP contribution in [0, 0.1) is 5.41 Å². The summed E-state index contributed by atoms with van der Waals surface area (Å²) >= 11 is 1.73. The smallest absolute Gasteiger partial charge is 0.00719 e. The summed E-state index contributed by atoms with van der Waals surface area (Å²) in [6.07, 6.45) is 3.37. The molecule has 64 valence electrons. The minimum Gasteiger partial charge on any atom is -0.103 e. The standard InChI is InChI=1S/C10H18S/c1-6-8-9(11-7-2)10(3,4)5/h7-8H,2,6H2,1,3-5H3. The Kier molecular flexibility index (Phi) is 4.58. The molecule has 0 bridgehead atoms. The summed E-state index contributed by atoms with van der Waals surface area (Å²) in [7, 11) is 0. The lowest BCUT2D eigenvalue weighted by Gasteiger charge is -2.20. The van der Waals surface area contributed by atoms with Crippen molar-refractivity contribution in [3.63, 3.8) is 0 Å². The van der Waals surface area contributed by atoms with Gasteiger partial charge in [0.05, 0.1) is 0 Å². The molecule has 0 N–H and O–H groups in total. The molecule has 0 aliphatic heterocycles. The molecule has 0 rings (SSSR count). The van der Waals surface area contributed by atoms with E-state index in [-0.39, 0.29) is 5.41 Å². The second kappa shape index (κ2) is 4.66. The Morgan fingerprint density at radius 2 is 2.00 bits per heavy atom. The van der Waals surface area contributed by atoms with Gasteiger partial charge in [0, 0.05) is 0 Å². The van der Waals surface area contributed by atoms with Gasteiger partial charge in [-0.2, -0.15) is 0 Å². The van der Waals surface area contributed by atoms with Crippen LogP contribution < -0.4 is 0 Å². The highest BCUT2D eigenvalue weighted by Crippen LogP contribution is 2.34. The van der Waals surface area contributed by atoms with Gasteiger partial charge in [0.15, 0.2) is 0 Å². The molecule has 0 atom stereocenters. The summed E-state index contributed by atoms with van der Waals surface area (Å²) in [5.41, 5.74) is 0.273. The van der Waals surface area contributed by atoms with Crippen LogP contribution in [0.3, 0.4) is 0 Å². The van der Waals surface area contributed by atoms with Crippen LogP contribution >= 0.6 is 11.8 Å². The van der Waals surface area contributed by atoms with E-state index >= 15 is 0 Å². The number of hydrogen-bond acceptors (Lipinski definition) is 1. The highest BCUT2D eigenvalue weighted by molar-refractivity contribution is 8.05. The molecule has 11 heavy (non-hydrogen) atoms. The van der Waals surface area contributed by atoms with E-state index in [0.29, 0.717) is 0 Å². The van der Waals surface area contributed by atoms with Gasteiger partial charge in [-0.05, 0) is 22.1 Å². The van der Waals surface area contributed by atoms with Gasteiger partial charge in [-0.1, -0.05) is 40.3 Å². The summed E-state index contributed by atoms with van der Waals surface area (Å²) in [6.45, 7) is 12.6. The lowest BCUT2D eigenvalue weighted by molar-refractivity contribution is 0.532. The van der Waals surface area contributed by atoms with Crippen molar-refractivity contribution >= 4 is 11.8 Å². The van der Waals surface area contributed by atoms with Gasteiger partial charge in [0.1, 0.15) is 0 Å². The third-order valence-corrected chi connectivity index (χ3v) is 2.54. The molecule has 0 aromatic heterocycles. The largest absolute Gasteiger partial charge is 0.103 e. The molecule has 1 heteroatoms. The molecule has 0 radical (unpaired) electrons. The van der Waals surface area contributed by atoms with Crippen LogP contribution in [-0.2, 0) is 0 Å². The zero-order valence-electron chi connectivity index (χ0n) is 7.98. The van der Waals surface area contributed by atoms with E-state index in [2.05, 4.69) is 40.3 Å². The highest BCUT2D eigenvalue weighted by Gasteiger charge is 2.15. The summed E-state index contributed by atoms with van der Waals surface area (Å²) < 4.78 is 0. The number of hydrogen-bond donors (Lipinski definition) is 0. The lowest BCUT2D eigenvalue weighted by Crippen LogP contribution is -2.05. The first-order chi connectivity index (χ1) is 5.02. The SMILES string of the molecule is C=CSC(=CCC)C(C)(C)C. The molecule has 0 aliphatic rings. The van der Waals surface area contributed by atoms with Gasteiger partial charge < -0.3 is 0 Å². The Hall–Kier alpha value is -0.170. The normalized spacial score (nSPS) is 13.3. The molecule has 0 amide bonds. The van der Waals surface area contributed by atoms with E-state index in [9.17, 15) is 0 Å². The van der Waals surface area contributed by atoms with E-state index in [4.69, 9.17) is 0 Å². The molecule has 0 saturated carbocycles. The number of allylic oxidation sites excluding steroid dienone is 2. The minimum atomic E-state index is 0.273. The molecular formula is C10H18S. The second-order valence-electron chi connectivity index (χ2n) is 3.51. The van der Waals surface area contributed by atoms with E-state index in [1.807, 2.05) is 5.41 Å². The van der Waals surface area contributed by atoms with Crippen LogP contribution in [-0.4, -0.2) is 0 Å². The van der Waals surface area contributed by atoms with E-state index in [0.717, 1.165) is 6.42 Å². The Bertz CT molecular complexity index is 149. The lowest BCUT2D eigenvalue weighted by atomic mass is 9.95. The van der Waals surface area contributed by atoms with Crippen molar-refractivity contribution in [3.8, 4) is 0 Å². The van der Waals surface area contributed by atoms with E-state index in [1.54, 1.807) is 11.8 Å². The molecule has 0 fully saturated rings. The van der Waals surface area contributed by atoms with Crippen LogP contribution in [0.5, 0.6) is 0 Å². The van der Waals surface area contributed by atoms with Gasteiger partial charge >= 0.3 is 0 Å². The van der Waals surface area contributed by atoms with Crippen LogP contribution in [0.2, 0.25) is 0 Å². The fourth-order valence-electron chi connectivity index (χ4n) is 0.806. The van der Waals surface area contributed by atoms with Gasteiger partial charge in [-0.3, -0.25) is 0 Å². The van der Waals surface area contributed by atoms with Gasteiger partial charge in [0.25, 0.3) is 0 Å². The molecule has 0 spiro atoms. The predicted molar refractivity (Wildman–Crippen MR) is 55.6 cm³/mol. The molecule has 0 saturated heterocycles. The number of thioether (sulfide) groups is 1. The van der Waals surface area contributed by atoms with Crippen LogP contribution in [0.15, 0.2) is 23.0 Å². The molecule has 0 aromatic carbocycles. The fourth-order valence-corrected chi connectivity index (χ4v) is 1.60. The van der Waals surface area contributed by atoms with E-state index in [1.165, 1.54) is 4.91 Å². The Morgan fingerprint density at radius 1 is 1.45 bits per heavy atom. The van der Waals surface area contributed by atoms with E-state index < -0.39 is 0 Å². The summed E-state index contributed by atoms with van der Waals surface area (Å²) in [6, 6.07) is 0. The Balaban J connectivity index is 4.34. The molecule has 0 nitrogen and oxygen atoms in total. The molecule has 0 heterocycles. The van der Waals surface area contributed by atoms with Crippen molar-refractivity contribution in [2.24, 2.45) is 5.41 Å². The van der Waals surface area contributed by atoms with Gasteiger partial charge in [0.2, 0.25) is 0 Å². The average Bonchev–Trinajstić information content (AvgIpc) is 1.85. The summed E-state index contributed by atoms with van der Waals surface area (Å²) in [5.74, 6) is 0. The third kappa shape index (κ3) is 4.31. The molecular weight excluding hydrogens is 152 g/mol. The first-order valence-corrected chi connectivity index (χ1v) is 4.88. The maximum absolute atomic E-state index is 3.72. The molecule has 0 aliphatic carbocycles. The van der Waals surface area contributed by atoms with Gasteiger partial charge in [-0.25, -0.2) is 0 Å². The first kappa shape index (κ1) is 10.8. The monoisotopic (exact) mass is 170 g/mol. The predicted octanol–water partition coefficient (Wildman–Crippen LogP) is 4.20. The zero-order chi connectivity index (χ0) is 8.91. The van der Waals surface area contributed by atoms with Crippen molar-refractivity contribution in [1.82, 2.24) is 0 Å². The first-order valence-electron chi connectivity index (χ1n) is 4.00. The van der Waals surface area contributed by atoms with Crippen molar-refractivity contribution in [1.29, 1.82) is 0 Å². The summed E-state index contributed by atoms with van der Waals surface area (Å²) in [4.78, 5) is 1.41. The van der Waals surface area contributed by atoms with Crippen molar-refractivity contribution < 1.29 is 0 Å². The Labute approximate surface area is 74.8 Å². The van der Waals surface area contributed by atoms with Crippen molar-refractivity contribution in [3.05, 3.63) is 23.0 Å². The maximum Gasteiger partial charge on any atom is -0.00719 e. The molecule has 0 unspecified atom stereocenters. The van der Waals surface area contributed by atoms with Crippen LogP contribution in [0.1, 0.15) is 34.1 Å². The van der Waals surface area contributed by atoms with Crippen molar-refractivity contribution in [2.75, 3.05) is 0 Å². The maximum atomic E-state index is 3.72. The van der Waals surface area contributed by atoms with Crippen LogP contribution in [0.25, 0.3) is 0 Å². The number of rotatable bonds is 3. The fraction of sp³-hybridized carbons (Fsp3) is 0.600. The quantitative estimate of drug-likeness (QED) is 0.611. The third-order valence-electron chi connectivity index (χ3n) is 1.34. The second-order valence-corrected chi connectivity index (χ2v) is 4.52. The summed E-state index contributed by atoms with van der Waals surface area (Å²) in [5, 5.41) is 1.90. The van der Waals surface area contributed by atoms with Crippen molar-refractivity contribution in [2.45, 2.75) is 34.1 Å². The van der Waals surface area contributed by atoms with Crippen LogP contribution in [0.4, 0.5) is 0 Å². The van der Waals surface area contributed by atoms with Gasteiger partial charge in [-0.15, -0.1) is 11.8 Å². The highest BCUT2D eigenvalue weighted by atomic mass is 32.2. The Morgan fingerprint density at radius 3 is 2.27 bits per heavy atom. The zero-order valence-corrected chi connectivity index (χ0v) is 8.79. The minimum absolute atomic E-state index is 0.273. The molecule has 0 aromatic rings. The topological polar surface area (TPSA) is 0 Å². The average molecular weight is 170 g/mol.